The molecule has 0 saturated carbocycles. The molecule has 0 atom stereocenters. The standard InChI is InChI=1S/C19H19Cl2N5O2/c1-28-16-10-14(3-4-15(16)20)24-6-8-25(9-7-24)18(27)12-26-11-13-2-5-17(21)22-19(13)23-26/h2-5,10-11H,6-9,12H2,1H3. The number of hydrogen-bond acceptors (Lipinski definition) is 5. The molecule has 9 heteroatoms. The molecule has 1 fully saturated rings. The van der Waals surface area contributed by atoms with Crippen molar-refractivity contribution >= 4 is 45.8 Å². The van der Waals surface area contributed by atoms with Crippen molar-refractivity contribution in [3.05, 3.63) is 46.7 Å². The van der Waals surface area contributed by atoms with E-state index in [2.05, 4.69) is 15.0 Å². The largest absolute Gasteiger partial charge is 0.495 e. The second-order valence-electron chi connectivity index (χ2n) is 6.56. The SMILES string of the molecule is COc1cc(N2CCN(C(=O)Cn3cc4ccc(Cl)nc4n3)CC2)ccc1Cl. The summed E-state index contributed by atoms with van der Waals surface area (Å²) in [5.41, 5.74) is 1.58. The number of fused-ring (bicyclic) bond motifs is 1. The highest BCUT2D eigenvalue weighted by Crippen LogP contribution is 2.29. The van der Waals surface area contributed by atoms with E-state index < -0.39 is 0 Å². The van der Waals surface area contributed by atoms with Gasteiger partial charge in [-0.25, -0.2) is 4.98 Å². The smallest absolute Gasteiger partial charge is 0.244 e. The number of halogens is 2. The lowest BCUT2D eigenvalue weighted by atomic mass is 10.2. The molecule has 7 nitrogen and oxygen atoms in total. The first kappa shape index (κ1) is 18.8. The lowest BCUT2D eigenvalue weighted by Gasteiger charge is -2.36. The molecule has 3 aromatic rings. The normalized spacial score (nSPS) is 14.5. The van der Waals surface area contributed by atoms with Gasteiger partial charge >= 0.3 is 0 Å². The number of amides is 1. The molecule has 1 saturated heterocycles. The van der Waals surface area contributed by atoms with Gasteiger partial charge in [0.25, 0.3) is 0 Å². The molecule has 0 spiro atoms. The number of methoxy groups -OCH3 is 1. The second kappa shape index (κ2) is 7.85. The molecule has 0 N–H and O–H groups in total. The van der Waals surface area contributed by atoms with Crippen molar-refractivity contribution in [2.75, 3.05) is 38.2 Å². The van der Waals surface area contributed by atoms with Gasteiger partial charge < -0.3 is 14.5 Å². The fourth-order valence-corrected chi connectivity index (χ4v) is 3.64. The molecular formula is C19H19Cl2N5O2. The Morgan fingerprint density at radius 2 is 1.93 bits per heavy atom. The summed E-state index contributed by atoms with van der Waals surface area (Å²) < 4.78 is 6.91. The first-order valence-corrected chi connectivity index (χ1v) is 9.65. The summed E-state index contributed by atoms with van der Waals surface area (Å²) in [6, 6.07) is 9.28. The molecule has 1 aliphatic heterocycles. The zero-order chi connectivity index (χ0) is 19.7. The molecule has 0 radical (unpaired) electrons. The van der Waals surface area contributed by atoms with Gasteiger partial charge in [0.2, 0.25) is 5.91 Å². The van der Waals surface area contributed by atoms with Crippen molar-refractivity contribution < 1.29 is 9.53 Å². The maximum Gasteiger partial charge on any atom is 0.244 e. The predicted molar refractivity (Wildman–Crippen MR) is 109 cm³/mol. The summed E-state index contributed by atoms with van der Waals surface area (Å²) in [6.07, 6.45) is 1.81. The number of rotatable bonds is 4. The van der Waals surface area contributed by atoms with Crippen LogP contribution >= 0.6 is 23.2 Å². The van der Waals surface area contributed by atoms with Crippen LogP contribution in [0.15, 0.2) is 36.5 Å². The Balaban J connectivity index is 1.38. The summed E-state index contributed by atoms with van der Waals surface area (Å²) in [6.45, 7) is 2.97. The molecule has 1 amide bonds. The van der Waals surface area contributed by atoms with Crippen LogP contribution in [0.3, 0.4) is 0 Å². The lowest BCUT2D eigenvalue weighted by molar-refractivity contribution is -0.132. The van der Waals surface area contributed by atoms with Crippen molar-refractivity contribution in [1.82, 2.24) is 19.7 Å². The third-order valence-electron chi connectivity index (χ3n) is 4.81. The average molecular weight is 420 g/mol. The van der Waals surface area contributed by atoms with E-state index in [1.54, 1.807) is 17.9 Å². The highest BCUT2D eigenvalue weighted by molar-refractivity contribution is 6.32. The Kier molecular flexibility index (Phi) is 5.28. The molecule has 0 aliphatic carbocycles. The number of hydrogen-bond donors (Lipinski definition) is 0. The van der Waals surface area contributed by atoms with Gasteiger partial charge in [0.05, 0.1) is 12.1 Å². The van der Waals surface area contributed by atoms with Gasteiger partial charge in [-0.1, -0.05) is 23.2 Å². The molecule has 3 heterocycles. The molecule has 4 rings (SSSR count). The molecule has 0 bridgehead atoms. The van der Waals surface area contributed by atoms with E-state index in [4.69, 9.17) is 27.9 Å². The number of carbonyl (C=O) groups excluding carboxylic acids is 1. The van der Waals surface area contributed by atoms with Crippen LogP contribution in [0.4, 0.5) is 5.69 Å². The highest BCUT2D eigenvalue weighted by atomic mass is 35.5. The van der Waals surface area contributed by atoms with Gasteiger partial charge in [0, 0.05) is 49.5 Å². The third-order valence-corrected chi connectivity index (χ3v) is 5.33. The quantitative estimate of drug-likeness (QED) is 0.607. The Morgan fingerprint density at radius 1 is 1.14 bits per heavy atom. The highest BCUT2D eigenvalue weighted by Gasteiger charge is 2.22. The van der Waals surface area contributed by atoms with Gasteiger partial charge in [0.1, 0.15) is 17.4 Å². The van der Waals surface area contributed by atoms with Crippen LogP contribution < -0.4 is 9.64 Å². The van der Waals surface area contributed by atoms with Crippen molar-refractivity contribution in [2.45, 2.75) is 6.54 Å². The topological polar surface area (TPSA) is 63.5 Å². The number of benzene rings is 1. The number of nitrogens with zero attached hydrogens (tertiary/aromatic N) is 5. The summed E-state index contributed by atoms with van der Waals surface area (Å²) >= 11 is 12.0. The van der Waals surface area contributed by atoms with Crippen LogP contribution in [0.2, 0.25) is 10.2 Å². The van der Waals surface area contributed by atoms with Crippen LogP contribution in [0.25, 0.3) is 11.0 Å². The monoisotopic (exact) mass is 419 g/mol. The van der Waals surface area contributed by atoms with E-state index >= 15 is 0 Å². The number of pyridine rings is 1. The van der Waals surface area contributed by atoms with E-state index in [-0.39, 0.29) is 12.5 Å². The molecule has 28 heavy (non-hydrogen) atoms. The van der Waals surface area contributed by atoms with Crippen LogP contribution in [0.1, 0.15) is 0 Å². The van der Waals surface area contributed by atoms with E-state index in [1.165, 1.54) is 0 Å². The van der Waals surface area contributed by atoms with Gasteiger partial charge in [-0.05, 0) is 24.3 Å². The minimum absolute atomic E-state index is 0.0345. The Hall–Kier alpha value is -2.51. The minimum Gasteiger partial charge on any atom is -0.495 e. The molecule has 1 aliphatic rings. The van der Waals surface area contributed by atoms with Crippen molar-refractivity contribution in [3.8, 4) is 5.75 Å². The first-order valence-electron chi connectivity index (χ1n) is 8.89. The van der Waals surface area contributed by atoms with Crippen LogP contribution in [-0.4, -0.2) is 58.9 Å². The molecular weight excluding hydrogens is 401 g/mol. The summed E-state index contributed by atoms with van der Waals surface area (Å²) in [7, 11) is 1.60. The Morgan fingerprint density at radius 3 is 2.68 bits per heavy atom. The fourth-order valence-electron chi connectivity index (χ4n) is 3.31. The second-order valence-corrected chi connectivity index (χ2v) is 7.35. The fraction of sp³-hybridized carbons (Fsp3) is 0.316. The Labute approximate surface area is 172 Å². The summed E-state index contributed by atoms with van der Waals surface area (Å²) in [5.74, 6) is 0.685. The van der Waals surface area contributed by atoms with Crippen molar-refractivity contribution in [1.29, 1.82) is 0 Å². The van der Waals surface area contributed by atoms with Crippen molar-refractivity contribution in [3.63, 3.8) is 0 Å². The van der Waals surface area contributed by atoms with Crippen LogP contribution in [-0.2, 0) is 11.3 Å². The predicted octanol–water partition coefficient (Wildman–Crippen LogP) is 3.10. The van der Waals surface area contributed by atoms with E-state index in [0.717, 1.165) is 24.2 Å². The van der Waals surface area contributed by atoms with Crippen molar-refractivity contribution in [2.24, 2.45) is 0 Å². The van der Waals surface area contributed by atoms with Gasteiger partial charge in [-0.15, -0.1) is 0 Å². The summed E-state index contributed by atoms with van der Waals surface area (Å²) in [4.78, 5) is 20.9. The third kappa shape index (κ3) is 3.86. The maximum atomic E-state index is 12.7. The Bertz CT molecular complexity index is 1010. The zero-order valence-corrected chi connectivity index (χ0v) is 16.8. The van der Waals surface area contributed by atoms with Crippen LogP contribution in [0.5, 0.6) is 5.75 Å². The molecule has 146 valence electrons. The maximum absolute atomic E-state index is 12.7. The molecule has 0 unspecified atom stereocenters. The number of piperazine rings is 1. The zero-order valence-electron chi connectivity index (χ0n) is 15.3. The van der Waals surface area contributed by atoms with Gasteiger partial charge in [0.15, 0.2) is 5.65 Å². The van der Waals surface area contributed by atoms with E-state index in [1.807, 2.05) is 35.4 Å². The number of carbonyl (C=O) groups is 1. The summed E-state index contributed by atoms with van der Waals surface area (Å²) in [5, 5.41) is 6.17. The number of anilines is 1. The molecule has 1 aromatic carbocycles. The van der Waals surface area contributed by atoms with Gasteiger partial charge in [-0.3, -0.25) is 9.48 Å². The first-order chi connectivity index (χ1) is 13.5. The van der Waals surface area contributed by atoms with Crippen LogP contribution in [0, 0.1) is 0 Å². The lowest BCUT2D eigenvalue weighted by Crippen LogP contribution is -2.49. The average Bonchev–Trinajstić information content (AvgIpc) is 3.09. The number of ether oxygens (including phenoxy) is 1. The van der Waals surface area contributed by atoms with E-state index in [0.29, 0.717) is 34.7 Å². The van der Waals surface area contributed by atoms with Gasteiger partial charge in [-0.2, -0.15) is 5.10 Å². The number of aromatic nitrogens is 3. The minimum atomic E-state index is 0.0345. The molecule has 2 aromatic heterocycles. The van der Waals surface area contributed by atoms with E-state index in [9.17, 15) is 4.79 Å².